The zero-order valence-electron chi connectivity index (χ0n) is 21.3. The molecule has 1 aliphatic heterocycles. The molecule has 4 rings (SSSR count). The lowest BCUT2D eigenvalue weighted by Crippen LogP contribution is -2.36. The number of unbranched alkanes of at least 4 members (excludes halogenated alkanes) is 1. The average Bonchev–Trinajstić information content (AvgIpc) is 3.49. The Hall–Kier alpha value is -3.94. The summed E-state index contributed by atoms with van der Waals surface area (Å²) in [5.41, 5.74) is 0.782. The lowest BCUT2D eigenvalue weighted by atomic mass is 10.1. The van der Waals surface area contributed by atoms with Crippen molar-refractivity contribution in [1.82, 2.24) is 4.90 Å². The Morgan fingerprint density at radius 1 is 1.20 bits per heavy atom. The lowest BCUT2D eigenvalue weighted by molar-refractivity contribution is -0.384. The van der Waals surface area contributed by atoms with Crippen LogP contribution in [-0.4, -0.2) is 46.0 Å². The molecule has 0 atom stereocenters. The number of nitro groups is 1. The molecule has 3 aromatic rings. The zero-order chi connectivity index (χ0) is 29.7. The minimum Gasteiger partial charge on any atom is -0.462 e. The van der Waals surface area contributed by atoms with E-state index in [1.807, 2.05) is 6.92 Å². The van der Waals surface area contributed by atoms with Gasteiger partial charge in [0.25, 0.3) is 16.8 Å². The average molecular weight is 663 g/mol. The molecule has 0 radical (unpaired) electrons. The molecule has 1 N–H and O–H groups in total. The van der Waals surface area contributed by atoms with Gasteiger partial charge in [-0.1, -0.05) is 24.9 Å². The summed E-state index contributed by atoms with van der Waals surface area (Å²) in [6.45, 7) is 1.64. The van der Waals surface area contributed by atoms with Gasteiger partial charge in [-0.15, -0.1) is 0 Å². The number of nitro benzene ring substituents is 1. The van der Waals surface area contributed by atoms with Gasteiger partial charge in [0.15, 0.2) is 0 Å². The fraction of sp³-hybridized carbons (Fsp3) is 0.185. The second-order valence-electron chi connectivity index (χ2n) is 8.62. The number of amides is 3. The van der Waals surface area contributed by atoms with E-state index in [9.17, 15) is 29.3 Å². The minimum atomic E-state index is -0.680. The van der Waals surface area contributed by atoms with Crippen molar-refractivity contribution in [2.45, 2.75) is 19.8 Å². The Kier molecular flexibility index (Phi) is 9.63. The van der Waals surface area contributed by atoms with Gasteiger partial charge in [-0.05, 0) is 70.5 Å². The summed E-state index contributed by atoms with van der Waals surface area (Å²) in [4.78, 5) is 61.7. The minimum absolute atomic E-state index is 0.0510. The van der Waals surface area contributed by atoms with Gasteiger partial charge in [0.1, 0.15) is 18.1 Å². The van der Waals surface area contributed by atoms with Crippen molar-refractivity contribution in [3.63, 3.8) is 0 Å². The molecule has 1 saturated heterocycles. The highest BCUT2D eigenvalue weighted by Crippen LogP contribution is 2.35. The number of benzene rings is 2. The van der Waals surface area contributed by atoms with Crippen molar-refractivity contribution in [2.75, 3.05) is 18.5 Å². The number of hydrogen-bond donors (Lipinski definition) is 1. The van der Waals surface area contributed by atoms with Crippen molar-refractivity contribution in [3.8, 4) is 11.3 Å². The van der Waals surface area contributed by atoms with Gasteiger partial charge in [0.05, 0.1) is 27.0 Å². The number of anilines is 1. The van der Waals surface area contributed by atoms with Gasteiger partial charge in [-0.2, -0.15) is 0 Å². The van der Waals surface area contributed by atoms with E-state index in [4.69, 9.17) is 20.8 Å². The second-order valence-corrected chi connectivity index (χ2v) is 10.9. The third-order valence-electron chi connectivity index (χ3n) is 5.71. The third-order valence-corrected chi connectivity index (χ3v) is 7.60. The summed E-state index contributed by atoms with van der Waals surface area (Å²) < 4.78 is 11.4. The number of halogens is 2. The number of ether oxygens (including phenoxy) is 1. The summed E-state index contributed by atoms with van der Waals surface area (Å²) in [5.74, 6) is -1.32. The van der Waals surface area contributed by atoms with Crippen LogP contribution in [-0.2, 0) is 14.3 Å². The predicted molar refractivity (Wildman–Crippen MR) is 156 cm³/mol. The van der Waals surface area contributed by atoms with Crippen molar-refractivity contribution >= 4 is 79.8 Å². The van der Waals surface area contributed by atoms with E-state index in [-0.39, 0.29) is 39.2 Å². The largest absolute Gasteiger partial charge is 0.462 e. The van der Waals surface area contributed by atoms with Gasteiger partial charge >= 0.3 is 5.97 Å². The Balaban J connectivity index is 1.42. The van der Waals surface area contributed by atoms with E-state index in [0.717, 1.165) is 11.3 Å². The molecule has 41 heavy (non-hydrogen) atoms. The van der Waals surface area contributed by atoms with Crippen LogP contribution in [0.15, 0.2) is 62.3 Å². The maximum absolute atomic E-state index is 12.9. The number of esters is 1. The van der Waals surface area contributed by atoms with Crippen LogP contribution in [0.1, 0.15) is 35.9 Å². The van der Waals surface area contributed by atoms with Gasteiger partial charge in [0.2, 0.25) is 5.91 Å². The SMILES string of the molecule is CCCCOC(=O)c1cc(NC(=O)CN2C(=O)S/C(=C/c3ccc(-c4ccc([N+](=O)[O-])cc4Br)o3)C2=O)ccc1Cl. The van der Waals surface area contributed by atoms with Crippen molar-refractivity contribution < 1.29 is 33.3 Å². The molecule has 0 spiro atoms. The standard InChI is InChI=1S/C27H21BrClN3O8S/c1-2-3-10-39-26(35)19-11-15(4-8-21(19)29)30-24(33)14-31-25(34)23(41-27(31)36)13-17-6-9-22(40-17)18-7-5-16(32(37)38)12-20(18)28/h4-9,11-13H,2-3,10,14H2,1H3,(H,30,33)/b23-13+. The Labute approximate surface area is 251 Å². The van der Waals surface area contributed by atoms with Crippen LogP contribution in [0.5, 0.6) is 0 Å². The topological polar surface area (TPSA) is 149 Å². The number of nitrogens with one attached hydrogen (secondary N) is 1. The van der Waals surface area contributed by atoms with Crippen LogP contribution in [0.25, 0.3) is 17.4 Å². The number of non-ortho nitro benzene ring substituents is 1. The molecule has 0 saturated carbocycles. The fourth-order valence-corrected chi connectivity index (χ4v) is 5.22. The van der Waals surface area contributed by atoms with Gasteiger partial charge in [0, 0.05) is 33.9 Å². The molecule has 0 bridgehead atoms. The van der Waals surface area contributed by atoms with E-state index in [1.165, 1.54) is 42.5 Å². The van der Waals surface area contributed by atoms with Crippen molar-refractivity contribution in [1.29, 1.82) is 0 Å². The summed E-state index contributed by atoms with van der Waals surface area (Å²) in [5, 5.41) is 13.0. The molecule has 11 nitrogen and oxygen atoms in total. The number of nitrogens with zero attached hydrogens (tertiary/aromatic N) is 2. The number of carbonyl (C=O) groups excluding carboxylic acids is 4. The van der Waals surface area contributed by atoms with Crippen molar-refractivity contribution in [3.05, 3.63) is 84.4 Å². The first-order chi connectivity index (χ1) is 19.6. The Morgan fingerprint density at radius 2 is 1.98 bits per heavy atom. The highest BCUT2D eigenvalue weighted by atomic mass is 79.9. The van der Waals surface area contributed by atoms with Crippen LogP contribution in [0, 0.1) is 10.1 Å². The highest BCUT2D eigenvalue weighted by molar-refractivity contribution is 9.10. The first-order valence-corrected chi connectivity index (χ1v) is 14.1. The molecule has 1 aromatic heterocycles. The molecule has 212 valence electrons. The Morgan fingerprint density at radius 3 is 2.68 bits per heavy atom. The summed E-state index contributed by atoms with van der Waals surface area (Å²) >= 11 is 10.0. The van der Waals surface area contributed by atoms with Gasteiger partial charge in [-0.3, -0.25) is 29.4 Å². The normalized spacial score (nSPS) is 14.0. The maximum Gasteiger partial charge on any atom is 0.339 e. The molecule has 14 heteroatoms. The molecule has 2 heterocycles. The molecule has 0 unspecified atom stereocenters. The predicted octanol–water partition coefficient (Wildman–Crippen LogP) is 6.90. The van der Waals surface area contributed by atoms with Gasteiger partial charge in [-0.25, -0.2) is 4.79 Å². The molecule has 1 fully saturated rings. The van der Waals surface area contributed by atoms with Crippen molar-refractivity contribution in [2.24, 2.45) is 0 Å². The third kappa shape index (κ3) is 7.23. The molecule has 3 amide bonds. The lowest BCUT2D eigenvalue weighted by Gasteiger charge is -2.13. The number of imide groups is 1. The Bertz CT molecular complexity index is 1590. The van der Waals surface area contributed by atoms with E-state index >= 15 is 0 Å². The molecular weight excluding hydrogens is 642 g/mol. The molecule has 2 aromatic carbocycles. The first-order valence-electron chi connectivity index (χ1n) is 12.1. The summed E-state index contributed by atoms with van der Waals surface area (Å²) in [6, 6.07) is 11.7. The van der Waals surface area contributed by atoms with Crippen LogP contribution in [0.3, 0.4) is 0 Å². The van der Waals surface area contributed by atoms with E-state index < -0.39 is 34.5 Å². The number of rotatable bonds is 10. The number of furan rings is 1. The summed E-state index contributed by atoms with van der Waals surface area (Å²) in [6.07, 6.45) is 2.93. The van der Waals surface area contributed by atoms with E-state index in [2.05, 4.69) is 21.2 Å². The number of carbonyl (C=O) groups is 4. The summed E-state index contributed by atoms with van der Waals surface area (Å²) in [7, 11) is 0. The second kappa shape index (κ2) is 13.1. The quantitative estimate of drug-likeness (QED) is 0.0804. The number of hydrogen-bond acceptors (Lipinski definition) is 9. The molecule has 0 aliphatic carbocycles. The fourth-order valence-electron chi connectivity index (χ4n) is 3.65. The molecule has 1 aliphatic rings. The van der Waals surface area contributed by atoms with E-state index in [1.54, 1.807) is 12.1 Å². The van der Waals surface area contributed by atoms with Crippen LogP contribution in [0.2, 0.25) is 5.02 Å². The first kappa shape index (κ1) is 30.0. The highest BCUT2D eigenvalue weighted by Gasteiger charge is 2.36. The maximum atomic E-state index is 12.9. The van der Waals surface area contributed by atoms with Gasteiger partial charge < -0.3 is 14.5 Å². The van der Waals surface area contributed by atoms with Crippen LogP contribution < -0.4 is 5.32 Å². The van der Waals surface area contributed by atoms with E-state index in [0.29, 0.717) is 34.0 Å². The zero-order valence-corrected chi connectivity index (χ0v) is 24.5. The van der Waals surface area contributed by atoms with Crippen LogP contribution >= 0.6 is 39.3 Å². The monoisotopic (exact) mass is 661 g/mol. The molecular formula is C27H21BrClN3O8S. The smallest absolute Gasteiger partial charge is 0.339 e. The number of thioether (sulfide) groups is 1. The van der Waals surface area contributed by atoms with Crippen LogP contribution in [0.4, 0.5) is 16.2 Å².